The fourth-order valence-corrected chi connectivity index (χ4v) is 2.40. The molecule has 0 radical (unpaired) electrons. The van der Waals surface area contributed by atoms with E-state index in [1.807, 2.05) is 13.8 Å². The van der Waals surface area contributed by atoms with Gasteiger partial charge in [-0.1, -0.05) is 6.92 Å². The van der Waals surface area contributed by atoms with Crippen molar-refractivity contribution in [2.75, 3.05) is 40.8 Å². The van der Waals surface area contributed by atoms with E-state index in [0.29, 0.717) is 6.54 Å². The lowest BCUT2D eigenvalue weighted by Crippen LogP contribution is -2.61. The van der Waals surface area contributed by atoms with Crippen molar-refractivity contribution in [3.8, 4) is 0 Å². The quantitative estimate of drug-likeness (QED) is 0.702. The Labute approximate surface area is 115 Å². The number of nitrogens with one attached hydrogen (secondary N) is 1. The van der Waals surface area contributed by atoms with Gasteiger partial charge in [0, 0.05) is 39.8 Å². The second-order valence-electron chi connectivity index (χ2n) is 5.24. The number of esters is 1. The number of amides is 1. The molecule has 1 rings (SSSR count). The smallest absolute Gasteiger partial charge is 0.309 e. The number of hydrogen-bond donors (Lipinski definition) is 1. The van der Waals surface area contributed by atoms with Gasteiger partial charge < -0.3 is 15.0 Å². The Morgan fingerprint density at radius 3 is 2.53 bits per heavy atom. The highest BCUT2D eigenvalue weighted by Gasteiger charge is 2.36. The number of carbonyl (C=O) groups excluding carboxylic acids is 2. The minimum Gasteiger partial charge on any atom is -0.469 e. The van der Waals surface area contributed by atoms with Crippen LogP contribution in [-0.4, -0.2) is 74.6 Å². The van der Waals surface area contributed by atoms with Crippen molar-refractivity contribution in [1.82, 2.24) is 15.1 Å². The van der Waals surface area contributed by atoms with Gasteiger partial charge in [0.2, 0.25) is 5.91 Å². The van der Waals surface area contributed by atoms with E-state index in [1.54, 1.807) is 19.0 Å². The van der Waals surface area contributed by atoms with Crippen molar-refractivity contribution < 1.29 is 14.3 Å². The van der Waals surface area contributed by atoms with Crippen molar-refractivity contribution in [3.05, 3.63) is 0 Å². The van der Waals surface area contributed by atoms with Crippen LogP contribution < -0.4 is 5.32 Å². The molecule has 1 amide bonds. The van der Waals surface area contributed by atoms with Crippen LogP contribution in [0.3, 0.4) is 0 Å². The maximum absolute atomic E-state index is 12.2. The van der Waals surface area contributed by atoms with E-state index in [0.717, 1.165) is 13.1 Å². The predicted octanol–water partition coefficient (Wildman–Crippen LogP) is -0.454. The van der Waals surface area contributed by atoms with Crippen molar-refractivity contribution in [3.63, 3.8) is 0 Å². The van der Waals surface area contributed by atoms with Gasteiger partial charge in [0.25, 0.3) is 0 Å². The third kappa shape index (κ3) is 3.67. The van der Waals surface area contributed by atoms with Crippen LogP contribution in [0.15, 0.2) is 0 Å². The minimum atomic E-state index is -0.249. The van der Waals surface area contributed by atoms with Crippen molar-refractivity contribution in [2.45, 2.75) is 25.9 Å². The Hall–Kier alpha value is -1.14. The van der Waals surface area contributed by atoms with Crippen molar-refractivity contribution in [2.24, 2.45) is 5.92 Å². The number of piperazine rings is 1. The third-order valence-electron chi connectivity index (χ3n) is 3.83. The molecule has 1 aliphatic heterocycles. The maximum Gasteiger partial charge on any atom is 0.309 e. The van der Waals surface area contributed by atoms with E-state index in [2.05, 4.69) is 10.2 Å². The summed E-state index contributed by atoms with van der Waals surface area (Å²) in [5.41, 5.74) is 0. The second-order valence-corrected chi connectivity index (χ2v) is 5.24. The van der Waals surface area contributed by atoms with Crippen LogP contribution >= 0.6 is 0 Å². The van der Waals surface area contributed by atoms with Gasteiger partial charge in [-0.25, -0.2) is 0 Å². The molecule has 1 saturated heterocycles. The summed E-state index contributed by atoms with van der Waals surface area (Å²) in [6.45, 7) is 6.02. The molecule has 19 heavy (non-hydrogen) atoms. The van der Waals surface area contributed by atoms with E-state index in [1.165, 1.54) is 7.11 Å². The lowest BCUT2D eigenvalue weighted by Gasteiger charge is -2.41. The van der Waals surface area contributed by atoms with Gasteiger partial charge in [-0.05, 0) is 6.92 Å². The molecule has 3 unspecified atom stereocenters. The fraction of sp³-hybridized carbons (Fsp3) is 0.846. The molecule has 6 heteroatoms. The maximum atomic E-state index is 12.2. The number of methoxy groups -OCH3 is 1. The number of carbonyl (C=O) groups is 2. The lowest BCUT2D eigenvalue weighted by molar-refractivity contribution is -0.149. The molecule has 0 spiro atoms. The molecule has 110 valence electrons. The topological polar surface area (TPSA) is 61.9 Å². The van der Waals surface area contributed by atoms with Gasteiger partial charge >= 0.3 is 5.97 Å². The summed E-state index contributed by atoms with van der Waals surface area (Å²) >= 11 is 0. The molecule has 1 fully saturated rings. The molecule has 0 saturated carbocycles. The van der Waals surface area contributed by atoms with Gasteiger partial charge in [0.1, 0.15) is 6.04 Å². The number of rotatable bonds is 4. The third-order valence-corrected chi connectivity index (χ3v) is 3.83. The number of ether oxygens (including phenoxy) is 1. The van der Waals surface area contributed by atoms with E-state index >= 15 is 0 Å². The first-order chi connectivity index (χ1) is 8.90. The van der Waals surface area contributed by atoms with Crippen LogP contribution in [-0.2, 0) is 14.3 Å². The summed E-state index contributed by atoms with van der Waals surface area (Å²) < 4.78 is 4.79. The van der Waals surface area contributed by atoms with Crippen LogP contribution in [0.5, 0.6) is 0 Å². The number of likely N-dealkylation sites (N-methyl/N-ethyl adjacent to an activating group) is 1. The van der Waals surface area contributed by atoms with Crippen LogP contribution in [0.4, 0.5) is 0 Å². The Morgan fingerprint density at radius 2 is 2.00 bits per heavy atom. The Kier molecular flexibility index (Phi) is 5.75. The van der Waals surface area contributed by atoms with E-state index in [-0.39, 0.29) is 29.9 Å². The summed E-state index contributed by atoms with van der Waals surface area (Å²) in [6, 6.07) is -0.241. The summed E-state index contributed by atoms with van der Waals surface area (Å²) in [4.78, 5) is 27.5. The Balaban J connectivity index is 2.81. The molecule has 3 atom stereocenters. The number of hydrogen-bond acceptors (Lipinski definition) is 5. The summed E-state index contributed by atoms with van der Waals surface area (Å²) in [5.74, 6) is -0.418. The predicted molar refractivity (Wildman–Crippen MR) is 72.7 cm³/mol. The Bertz CT molecular complexity index is 333. The van der Waals surface area contributed by atoms with Gasteiger partial charge in [-0.3, -0.25) is 14.5 Å². The molecule has 0 aromatic heterocycles. The van der Waals surface area contributed by atoms with Crippen molar-refractivity contribution >= 4 is 11.9 Å². The monoisotopic (exact) mass is 271 g/mol. The molecule has 0 aromatic rings. The van der Waals surface area contributed by atoms with E-state index < -0.39 is 0 Å². The normalized spacial score (nSPS) is 23.5. The Morgan fingerprint density at radius 1 is 1.37 bits per heavy atom. The molecule has 0 aromatic carbocycles. The zero-order chi connectivity index (χ0) is 14.6. The highest BCUT2D eigenvalue weighted by Crippen LogP contribution is 2.18. The SMILES string of the molecule is COC(=O)C(C)C(C)N1CCNCC1C(=O)N(C)C. The van der Waals surface area contributed by atoms with Gasteiger partial charge in [0.15, 0.2) is 0 Å². The number of nitrogens with zero attached hydrogens (tertiary/aromatic N) is 2. The van der Waals surface area contributed by atoms with Crippen LogP contribution in [0, 0.1) is 5.92 Å². The summed E-state index contributed by atoms with van der Waals surface area (Å²) in [7, 11) is 4.90. The average molecular weight is 271 g/mol. The van der Waals surface area contributed by atoms with Gasteiger partial charge in [-0.15, -0.1) is 0 Å². The zero-order valence-corrected chi connectivity index (χ0v) is 12.5. The summed E-state index contributed by atoms with van der Waals surface area (Å²) in [6.07, 6.45) is 0. The molecular weight excluding hydrogens is 246 g/mol. The molecule has 0 bridgehead atoms. The highest BCUT2D eigenvalue weighted by atomic mass is 16.5. The molecule has 0 aliphatic carbocycles. The minimum absolute atomic E-state index is 0.0246. The summed E-state index contributed by atoms with van der Waals surface area (Å²) in [5, 5.41) is 3.23. The molecule has 1 heterocycles. The van der Waals surface area contributed by atoms with Crippen LogP contribution in [0.1, 0.15) is 13.8 Å². The standard InChI is InChI=1S/C13H25N3O3/c1-9(13(18)19-5)10(2)16-7-6-14-8-11(16)12(17)15(3)4/h9-11,14H,6-8H2,1-5H3. The van der Waals surface area contributed by atoms with Crippen LogP contribution in [0.2, 0.25) is 0 Å². The zero-order valence-electron chi connectivity index (χ0n) is 12.5. The first-order valence-corrected chi connectivity index (χ1v) is 6.65. The van der Waals surface area contributed by atoms with Crippen molar-refractivity contribution in [1.29, 1.82) is 0 Å². The van der Waals surface area contributed by atoms with Crippen LogP contribution in [0.25, 0.3) is 0 Å². The first kappa shape index (κ1) is 15.9. The second kappa shape index (κ2) is 6.86. The molecular formula is C13H25N3O3. The van der Waals surface area contributed by atoms with E-state index in [9.17, 15) is 9.59 Å². The molecule has 1 N–H and O–H groups in total. The van der Waals surface area contributed by atoms with E-state index in [4.69, 9.17) is 4.74 Å². The van der Waals surface area contributed by atoms with Gasteiger partial charge in [-0.2, -0.15) is 0 Å². The lowest BCUT2D eigenvalue weighted by atomic mass is 9.98. The first-order valence-electron chi connectivity index (χ1n) is 6.65. The van der Waals surface area contributed by atoms with Gasteiger partial charge in [0.05, 0.1) is 13.0 Å². The molecule has 6 nitrogen and oxygen atoms in total. The largest absolute Gasteiger partial charge is 0.469 e. The highest BCUT2D eigenvalue weighted by molar-refractivity contribution is 5.82. The molecule has 1 aliphatic rings. The average Bonchev–Trinajstić information content (AvgIpc) is 2.43. The fourth-order valence-electron chi connectivity index (χ4n) is 2.40.